The molecule has 1 unspecified atom stereocenters. The molecule has 134 valence electrons. The zero-order valence-corrected chi connectivity index (χ0v) is 15.2. The van der Waals surface area contributed by atoms with Gasteiger partial charge in [-0.1, -0.05) is 43.7 Å². The Morgan fingerprint density at radius 2 is 1.88 bits per heavy atom. The highest BCUT2D eigenvalue weighted by Gasteiger charge is 2.16. The van der Waals surface area contributed by atoms with Crippen molar-refractivity contribution >= 4 is 5.91 Å². The summed E-state index contributed by atoms with van der Waals surface area (Å²) < 4.78 is 10.8. The van der Waals surface area contributed by atoms with Gasteiger partial charge < -0.3 is 14.8 Å². The van der Waals surface area contributed by atoms with Crippen molar-refractivity contribution < 1.29 is 14.3 Å². The molecule has 1 N–H and O–H groups in total. The Morgan fingerprint density at radius 1 is 1.12 bits per heavy atom. The number of carbonyl (C=O) groups is 1. The lowest BCUT2D eigenvalue weighted by Gasteiger charge is -2.19. The fraction of sp³-hybridized carbons (Fsp3) is 0.381. The molecule has 2 aromatic rings. The predicted octanol–water partition coefficient (Wildman–Crippen LogP) is 4.50. The summed E-state index contributed by atoms with van der Waals surface area (Å²) in [6, 6.07) is 15.5. The number of hydrogen-bond acceptors (Lipinski definition) is 3. The van der Waals surface area contributed by atoms with E-state index in [-0.39, 0.29) is 11.9 Å². The van der Waals surface area contributed by atoms with Crippen LogP contribution < -0.4 is 10.1 Å². The molecule has 25 heavy (non-hydrogen) atoms. The number of benzene rings is 2. The molecule has 2 rings (SSSR count). The summed E-state index contributed by atoms with van der Waals surface area (Å²) in [5.41, 5.74) is 2.62. The first-order valence-corrected chi connectivity index (χ1v) is 8.80. The van der Waals surface area contributed by atoms with E-state index in [1.807, 2.05) is 37.3 Å². The summed E-state index contributed by atoms with van der Waals surface area (Å²) in [5, 5.41) is 3.15. The van der Waals surface area contributed by atoms with E-state index < -0.39 is 0 Å². The average Bonchev–Trinajstić information content (AvgIpc) is 2.66. The molecule has 0 fully saturated rings. The van der Waals surface area contributed by atoms with Crippen LogP contribution in [0.3, 0.4) is 0 Å². The first kappa shape index (κ1) is 19.0. The second-order valence-corrected chi connectivity index (χ2v) is 5.89. The molecule has 0 spiro atoms. The largest absolute Gasteiger partial charge is 0.496 e. The van der Waals surface area contributed by atoms with Gasteiger partial charge in [-0.2, -0.15) is 0 Å². The van der Waals surface area contributed by atoms with Crippen LogP contribution in [0.4, 0.5) is 0 Å². The Labute approximate surface area is 150 Å². The molecule has 0 radical (unpaired) electrons. The zero-order chi connectivity index (χ0) is 18.1. The maximum Gasteiger partial charge on any atom is 0.251 e. The van der Waals surface area contributed by atoms with Gasteiger partial charge in [0.2, 0.25) is 0 Å². The van der Waals surface area contributed by atoms with Crippen molar-refractivity contribution in [1.29, 1.82) is 0 Å². The Hall–Kier alpha value is -2.33. The first-order valence-electron chi connectivity index (χ1n) is 8.80. The summed E-state index contributed by atoms with van der Waals surface area (Å²) in [6.45, 7) is 5.11. The highest BCUT2D eigenvalue weighted by molar-refractivity contribution is 5.94. The second-order valence-electron chi connectivity index (χ2n) is 5.89. The lowest BCUT2D eigenvalue weighted by atomic mass is 10.0. The lowest BCUT2D eigenvalue weighted by molar-refractivity contribution is 0.0933. The van der Waals surface area contributed by atoms with E-state index in [1.54, 1.807) is 13.2 Å². The van der Waals surface area contributed by atoms with Gasteiger partial charge >= 0.3 is 0 Å². The van der Waals surface area contributed by atoms with E-state index >= 15 is 0 Å². The van der Waals surface area contributed by atoms with Gasteiger partial charge in [-0.3, -0.25) is 4.79 Å². The van der Waals surface area contributed by atoms with Gasteiger partial charge in [-0.05, 0) is 37.1 Å². The molecule has 1 amide bonds. The van der Waals surface area contributed by atoms with Crippen LogP contribution in [0.5, 0.6) is 5.75 Å². The van der Waals surface area contributed by atoms with E-state index in [1.165, 1.54) is 0 Å². The molecule has 4 heteroatoms. The molecule has 0 aliphatic heterocycles. The quantitative estimate of drug-likeness (QED) is 0.730. The minimum atomic E-state index is -0.0808. The standard InChI is InChI=1S/C21H27NO3/c1-4-9-19(16-10-7-6-8-11-16)22-21(23)17-12-13-20(24-3)18(14-17)15-25-5-2/h6-8,10-14,19H,4-5,9,15H2,1-3H3,(H,22,23). The van der Waals surface area contributed by atoms with Crippen molar-refractivity contribution in [3.8, 4) is 5.75 Å². The minimum Gasteiger partial charge on any atom is -0.496 e. The predicted molar refractivity (Wildman–Crippen MR) is 99.9 cm³/mol. The summed E-state index contributed by atoms with van der Waals surface area (Å²) in [7, 11) is 1.62. The molecule has 0 saturated carbocycles. The highest BCUT2D eigenvalue weighted by Crippen LogP contribution is 2.23. The number of ether oxygens (including phenoxy) is 2. The number of rotatable bonds is 9. The fourth-order valence-corrected chi connectivity index (χ4v) is 2.78. The number of nitrogens with one attached hydrogen (secondary N) is 1. The van der Waals surface area contributed by atoms with Crippen LogP contribution in [-0.4, -0.2) is 19.6 Å². The number of methoxy groups -OCH3 is 1. The van der Waals surface area contributed by atoms with Crippen molar-refractivity contribution in [2.45, 2.75) is 39.3 Å². The van der Waals surface area contributed by atoms with Gasteiger partial charge in [0.05, 0.1) is 19.8 Å². The molecule has 0 aliphatic rings. The Morgan fingerprint density at radius 3 is 2.52 bits per heavy atom. The highest BCUT2D eigenvalue weighted by atomic mass is 16.5. The third kappa shape index (κ3) is 5.33. The van der Waals surface area contributed by atoms with Crippen LogP contribution in [0.25, 0.3) is 0 Å². The maximum absolute atomic E-state index is 12.7. The molecule has 0 aliphatic carbocycles. The van der Waals surface area contributed by atoms with Crippen molar-refractivity contribution in [1.82, 2.24) is 5.32 Å². The van der Waals surface area contributed by atoms with Crippen LogP contribution in [0.1, 0.15) is 54.2 Å². The fourth-order valence-electron chi connectivity index (χ4n) is 2.78. The molecule has 0 bridgehead atoms. The lowest BCUT2D eigenvalue weighted by Crippen LogP contribution is -2.28. The van der Waals surface area contributed by atoms with Crippen LogP contribution in [0, 0.1) is 0 Å². The normalized spacial score (nSPS) is 11.8. The summed E-state index contributed by atoms with van der Waals surface area (Å²) in [4.78, 5) is 12.7. The van der Waals surface area contributed by atoms with Crippen molar-refractivity contribution in [3.05, 3.63) is 65.2 Å². The third-order valence-corrected chi connectivity index (χ3v) is 4.09. The maximum atomic E-state index is 12.7. The van der Waals surface area contributed by atoms with Gasteiger partial charge in [-0.25, -0.2) is 0 Å². The minimum absolute atomic E-state index is 0.0103. The SMILES string of the molecule is CCCC(NC(=O)c1ccc(OC)c(COCC)c1)c1ccccc1. The number of hydrogen-bond donors (Lipinski definition) is 1. The Bertz CT molecular complexity index is 670. The molecular weight excluding hydrogens is 314 g/mol. The van der Waals surface area contributed by atoms with Crippen LogP contribution in [0.2, 0.25) is 0 Å². The summed E-state index contributed by atoms with van der Waals surface area (Å²) in [6.07, 6.45) is 1.90. The summed E-state index contributed by atoms with van der Waals surface area (Å²) >= 11 is 0. The van der Waals surface area contributed by atoms with Gasteiger partial charge in [-0.15, -0.1) is 0 Å². The van der Waals surface area contributed by atoms with E-state index in [2.05, 4.69) is 24.4 Å². The first-order chi connectivity index (χ1) is 12.2. The average molecular weight is 341 g/mol. The smallest absolute Gasteiger partial charge is 0.251 e. The van der Waals surface area contributed by atoms with Gasteiger partial charge in [0, 0.05) is 17.7 Å². The molecule has 1 atom stereocenters. The van der Waals surface area contributed by atoms with Crippen molar-refractivity contribution in [2.24, 2.45) is 0 Å². The molecule has 0 saturated heterocycles. The zero-order valence-electron chi connectivity index (χ0n) is 15.2. The number of carbonyl (C=O) groups excluding carboxylic acids is 1. The van der Waals surface area contributed by atoms with Crippen molar-refractivity contribution in [3.63, 3.8) is 0 Å². The van der Waals surface area contributed by atoms with Crippen molar-refractivity contribution in [2.75, 3.05) is 13.7 Å². The molecule has 0 aromatic heterocycles. The summed E-state index contributed by atoms with van der Waals surface area (Å²) in [5.74, 6) is 0.654. The number of amides is 1. The topological polar surface area (TPSA) is 47.6 Å². The van der Waals surface area contributed by atoms with Gasteiger partial charge in [0.1, 0.15) is 5.75 Å². The van der Waals surface area contributed by atoms with Gasteiger partial charge in [0.15, 0.2) is 0 Å². The molecule has 0 heterocycles. The molecular formula is C21H27NO3. The molecule has 4 nitrogen and oxygen atoms in total. The second kappa shape index (κ2) is 9.84. The molecule has 2 aromatic carbocycles. The van der Waals surface area contributed by atoms with E-state index in [4.69, 9.17) is 9.47 Å². The van der Waals surface area contributed by atoms with E-state index in [0.717, 1.165) is 29.7 Å². The van der Waals surface area contributed by atoms with Gasteiger partial charge in [0.25, 0.3) is 5.91 Å². The van der Waals surface area contributed by atoms with E-state index in [9.17, 15) is 4.79 Å². The Kier molecular flexibility index (Phi) is 7.48. The van der Waals surface area contributed by atoms with Crippen LogP contribution >= 0.6 is 0 Å². The monoisotopic (exact) mass is 341 g/mol. The van der Waals surface area contributed by atoms with Crippen LogP contribution in [0.15, 0.2) is 48.5 Å². The van der Waals surface area contributed by atoms with Crippen LogP contribution in [-0.2, 0) is 11.3 Å². The third-order valence-electron chi connectivity index (χ3n) is 4.09. The Balaban J connectivity index is 2.18. The van der Waals surface area contributed by atoms with E-state index in [0.29, 0.717) is 18.8 Å².